The first-order chi connectivity index (χ1) is 16.3. The van der Waals surface area contributed by atoms with Crippen molar-refractivity contribution in [3.8, 4) is 0 Å². The van der Waals surface area contributed by atoms with Crippen LogP contribution in [-0.4, -0.2) is 29.3 Å². The molecular formula is C25H23N3O6. The molecular weight excluding hydrogens is 438 g/mol. The summed E-state index contributed by atoms with van der Waals surface area (Å²) in [5.74, 6) is -1.91. The number of carbonyl (C=O) groups excluding carboxylic acids is 3. The minimum absolute atomic E-state index is 0.0419. The lowest BCUT2D eigenvalue weighted by atomic mass is 10.1. The molecule has 1 atom stereocenters. The highest BCUT2D eigenvalue weighted by Gasteiger charge is 2.19. The summed E-state index contributed by atoms with van der Waals surface area (Å²) in [5, 5.41) is 16.5. The zero-order chi connectivity index (χ0) is 24.7. The number of amides is 2. The van der Waals surface area contributed by atoms with Crippen LogP contribution in [0.4, 0.5) is 11.4 Å². The van der Waals surface area contributed by atoms with E-state index in [1.807, 2.05) is 37.3 Å². The highest BCUT2D eigenvalue weighted by Crippen LogP contribution is 2.20. The zero-order valence-electron chi connectivity index (χ0n) is 18.6. The van der Waals surface area contributed by atoms with E-state index in [0.29, 0.717) is 5.56 Å². The Hall–Kier alpha value is -4.53. The van der Waals surface area contributed by atoms with Gasteiger partial charge >= 0.3 is 5.97 Å². The van der Waals surface area contributed by atoms with Crippen LogP contribution in [0.2, 0.25) is 0 Å². The molecule has 3 aromatic rings. The van der Waals surface area contributed by atoms with E-state index in [1.165, 1.54) is 12.1 Å². The van der Waals surface area contributed by atoms with Gasteiger partial charge in [-0.15, -0.1) is 0 Å². The molecule has 0 aliphatic heterocycles. The van der Waals surface area contributed by atoms with E-state index in [4.69, 9.17) is 4.74 Å². The molecule has 9 heteroatoms. The summed E-state index contributed by atoms with van der Waals surface area (Å²) in [4.78, 5) is 47.9. The quantitative estimate of drug-likeness (QED) is 0.294. The Kier molecular flexibility index (Phi) is 7.71. The summed E-state index contributed by atoms with van der Waals surface area (Å²) in [6.07, 6.45) is 0. The summed E-state index contributed by atoms with van der Waals surface area (Å²) < 4.78 is 4.99. The molecule has 0 heterocycles. The predicted octanol–water partition coefficient (Wildman–Crippen LogP) is 4.19. The fourth-order valence-electron chi connectivity index (χ4n) is 3.22. The first-order valence-corrected chi connectivity index (χ1v) is 10.4. The van der Waals surface area contributed by atoms with Crippen molar-refractivity contribution in [3.05, 3.63) is 105 Å². The number of benzene rings is 3. The Morgan fingerprint density at radius 3 is 2.38 bits per heavy atom. The summed E-state index contributed by atoms with van der Waals surface area (Å²) >= 11 is 0. The van der Waals surface area contributed by atoms with Gasteiger partial charge in [-0.1, -0.05) is 48.5 Å². The first-order valence-electron chi connectivity index (χ1n) is 10.4. The van der Waals surface area contributed by atoms with Crippen LogP contribution in [0.1, 0.15) is 44.8 Å². The molecule has 0 aromatic heterocycles. The maximum atomic E-state index is 12.8. The van der Waals surface area contributed by atoms with Crippen LogP contribution >= 0.6 is 0 Å². The van der Waals surface area contributed by atoms with Gasteiger partial charge in [-0.25, -0.2) is 4.79 Å². The van der Waals surface area contributed by atoms with Crippen molar-refractivity contribution in [2.45, 2.75) is 19.9 Å². The van der Waals surface area contributed by atoms with Crippen LogP contribution in [0.25, 0.3) is 0 Å². The molecule has 3 rings (SSSR count). The average molecular weight is 461 g/mol. The normalized spacial score (nSPS) is 11.2. The standard InChI is InChI=1S/C25H23N3O6/c1-16-12-13-19(14-22(16)28(32)33)25(31)34-15-23(29)27-21-11-7-6-10-20(21)24(30)26-17(2)18-8-4-3-5-9-18/h3-14,17H,15H2,1-2H3,(H,26,30)(H,27,29). The molecule has 0 saturated carbocycles. The maximum Gasteiger partial charge on any atom is 0.338 e. The third-order valence-electron chi connectivity index (χ3n) is 5.07. The summed E-state index contributed by atoms with van der Waals surface area (Å²) in [5.41, 5.74) is 1.58. The summed E-state index contributed by atoms with van der Waals surface area (Å²) in [6.45, 7) is 2.77. The molecule has 0 saturated heterocycles. The van der Waals surface area contributed by atoms with Gasteiger partial charge in [-0.2, -0.15) is 0 Å². The van der Waals surface area contributed by atoms with Gasteiger partial charge in [0.1, 0.15) is 0 Å². The van der Waals surface area contributed by atoms with Crippen LogP contribution in [-0.2, 0) is 9.53 Å². The lowest BCUT2D eigenvalue weighted by Gasteiger charge is -2.16. The molecule has 0 aliphatic rings. The fraction of sp³-hybridized carbons (Fsp3) is 0.160. The number of carbonyl (C=O) groups is 3. The van der Waals surface area contributed by atoms with Crippen LogP contribution in [0.5, 0.6) is 0 Å². The van der Waals surface area contributed by atoms with Gasteiger partial charge in [0, 0.05) is 11.6 Å². The number of rotatable bonds is 8. The van der Waals surface area contributed by atoms with Gasteiger partial charge in [0.15, 0.2) is 6.61 Å². The van der Waals surface area contributed by atoms with Crippen molar-refractivity contribution >= 4 is 29.2 Å². The molecule has 3 aromatic carbocycles. The van der Waals surface area contributed by atoms with Gasteiger partial charge in [0.2, 0.25) is 0 Å². The largest absolute Gasteiger partial charge is 0.452 e. The Balaban J connectivity index is 1.62. The Bertz CT molecular complexity index is 1230. The molecule has 2 N–H and O–H groups in total. The van der Waals surface area contributed by atoms with E-state index < -0.39 is 23.4 Å². The van der Waals surface area contributed by atoms with Gasteiger partial charge in [-0.05, 0) is 37.6 Å². The van der Waals surface area contributed by atoms with Crippen molar-refractivity contribution in [3.63, 3.8) is 0 Å². The second-order valence-electron chi connectivity index (χ2n) is 7.53. The number of nitrogens with one attached hydrogen (secondary N) is 2. The molecule has 0 bridgehead atoms. The number of hydrogen-bond donors (Lipinski definition) is 2. The molecule has 2 amide bonds. The molecule has 34 heavy (non-hydrogen) atoms. The second kappa shape index (κ2) is 10.9. The highest BCUT2D eigenvalue weighted by molar-refractivity contribution is 6.04. The highest BCUT2D eigenvalue weighted by atomic mass is 16.6. The molecule has 0 aliphatic carbocycles. The van der Waals surface area contributed by atoms with E-state index in [-0.39, 0.29) is 34.5 Å². The molecule has 174 valence electrons. The molecule has 9 nitrogen and oxygen atoms in total. The molecule has 0 spiro atoms. The topological polar surface area (TPSA) is 128 Å². The zero-order valence-corrected chi connectivity index (χ0v) is 18.6. The van der Waals surface area contributed by atoms with E-state index in [0.717, 1.165) is 11.6 Å². The van der Waals surface area contributed by atoms with Crippen molar-refractivity contribution in [2.75, 3.05) is 11.9 Å². The lowest BCUT2D eigenvalue weighted by Crippen LogP contribution is -2.28. The van der Waals surface area contributed by atoms with E-state index in [2.05, 4.69) is 10.6 Å². The van der Waals surface area contributed by atoms with Crippen molar-refractivity contribution in [2.24, 2.45) is 0 Å². The summed E-state index contributed by atoms with van der Waals surface area (Å²) in [6, 6.07) is 19.6. The van der Waals surface area contributed by atoms with Crippen LogP contribution in [0.3, 0.4) is 0 Å². The molecule has 1 unspecified atom stereocenters. The van der Waals surface area contributed by atoms with E-state index in [9.17, 15) is 24.5 Å². The number of aryl methyl sites for hydroxylation is 1. The number of ether oxygens (including phenoxy) is 1. The van der Waals surface area contributed by atoms with Crippen molar-refractivity contribution < 1.29 is 24.0 Å². The summed E-state index contributed by atoms with van der Waals surface area (Å²) in [7, 11) is 0. The van der Waals surface area contributed by atoms with Crippen molar-refractivity contribution in [1.82, 2.24) is 5.32 Å². The van der Waals surface area contributed by atoms with Gasteiger partial charge in [-0.3, -0.25) is 19.7 Å². The maximum absolute atomic E-state index is 12.8. The number of anilines is 1. The number of para-hydroxylation sites is 1. The monoisotopic (exact) mass is 461 g/mol. The number of nitrogens with zero attached hydrogens (tertiary/aromatic N) is 1. The lowest BCUT2D eigenvalue weighted by molar-refractivity contribution is -0.385. The fourth-order valence-corrected chi connectivity index (χ4v) is 3.22. The smallest absolute Gasteiger partial charge is 0.338 e. The van der Waals surface area contributed by atoms with Crippen LogP contribution < -0.4 is 10.6 Å². The van der Waals surface area contributed by atoms with E-state index in [1.54, 1.807) is 31.2 Å². The number of esters is 1. The Morgan fingerprint density at radius 1 is 1.00 bits per heavy atom. The Morgan fingerprint density at radius 2 is 1.68 bits per heavy atom. The SMILES string of the molecule is Cc1ccc(C(=O)OCC(=O)Nc2ccccc2C(=O)NC(C)c2ccccc2)cc1[N+](=O)[O-]. The second-order valence-corrected chi connectivity index (χ2v) is 7.53. The minimum Gasteiger partial charge on any atom is -0.452 e. The number of hydrogen-bond acceptors (Lipinski definition) is 6. The van der Waals surface area contributed by atoms with Crippen LogP contribution in [0.15, 0.2) is 72.8 Å². The minimum atomic E-state index is -0.874. The molecule has 0 radical (unpaired) electrons. The van der Waals surface area contributed by atoms with Crippen LogP contribution in [0, 0.1) is 17.0 Å². The van der Waals surface area contributed by atoms with Gasteiger partial charge < -0.3 is 15.4 Å². The Labute approximate surface area is 195 Å². The number of nitro groups is 1. The van der Waals surface area contributed by atoms with Crippen molar-refractivity contribution in [1.29, 1.82) is 0 Å². The predicted molar refractivity (Wildman–Crippen MR) is 126 cm³/mol. The number of nitro benzene ring substituents is 1. The van der Waals surface area contributed by atoms with Gasteiger partial charge in [0.25, 0.3) is 17.5 Å². The third-order valence-corrected chi connectivity index (χ3v) is 5.07. The third kappa shape index (κ3) is 6.04. The molecule has 0 fully saturated rings. The van der Waals surface area contributed by atoms with Gasteiger partial charge in [0.05, 0.1) is 27.8 Å². The van der Waals surface area contributed by atoms with E-state index >= 15 is 0 Å². The first kappa shape index (κ1) is 24.1. The average Bonchev–Trinajstić information content (AvgIpc) is 2.83.